The second kappa shape index (κ2) is 9.41. The van der Waals surface area contributed by atoms with Gasteiger partial charge in [-0.2, -0.15) is 0 Å². The Hall–Kier alpha value is -2.27. The molecule has 34 heavy (non-hydrogen) atoms. The first-order chi connectivity index (χ1) is 16.7. The van der Waals surface area contributed by atoms with Crippen molar-refractivity contribution in [2.75, 3.05) is 64.1 Å². The zero-order chi connectivity index (χ0) is 23.0. The van der Waals surface area contributed by atoms with Crippen molar-refractivity contribution in [3.05, 3.63) is 36.0 Å². The van der Waals surface area contributed by atoms with Crippen LogP contribution in [0.25, 0.3) is 0 Å². The molecule has 0 N–H and O–H groups in total. The minimum Gasteiger partial charge on any atom is -0.490 e. The van der Waals surface area contributed by atoms with Crippen LogP contribution in [0.2, 0.25) is 0 Å². The number of halogens is 1. The van der Waals surface area contributed by atoms with Gasteiger partial charge in [-0.1, -0.05) is 5.10 Å². The van der Waals surface area contributed by atoms with Crippen molar-refractivity contribution in [3.63, 3.8) is 0 Å². The molecule has 9 nitrogen and oxygen atoms in total. The predicted octanol–water partition coefficient (Wildman–Crippen LogP) is 2.23. The topological polar surface area (TPSA) is 82.3 Å². The molecule has 6 rings (SSSR count). The highest BCUT2D eigenvalue weighted by Gasteiger charge is 2.52. The second-order valence-corrected chi connectivity index (χ2v) is 9.80. The van der Waals surface area contributed by atoms with Gasteiger partial charge in [-0.3, -0.25) is 4.90 Å². The van der Waals surface area contributed by atoms with Gasteiger partial charge in [0.15, 0.2) is 0 Å². The molecule has 4 fully saturated rings. The summed E-state index contributed by atoms with van der Waals surface area (Å²) in [5, 5.41) is 7.74. The number of aromatic nitrogens is 2. The van der Waals surface area contributed by atoms with E-state index in [1.807, 2.05) is 0 Å². The lowest BCUT2D eigenvalue weighted by atomic mass is 9.86. The van der Waals surface area contributed by atoms with Gasteiger partial charge in [-0.15, -0.1) is 5.10 Å². The van der Waals surface area contributed by atoms with Gasteiger partial charge < -0.3 is 28.3 Å². The summed E-state index contributed by atoms with van der Waals surface area (Å²) >= 11 is 0. The molecule has 0 radical (unpaired) electrons. The van der Waals surface area contributed by atoms with E-state index in [1.54, 1.807) is 12.1 Å². The fraction of sp³-hybridized carbons (Fsp3) is 0.667. The Morgan fingerprint density at radius 1 is 1.15 bits per heavy atom. The summed E-state index contributed by atoms with van der Waals surface area (Å²) in [6.45, 7) is 6.44. The Morgan fingerprint density at radius 3 is 2.79 bits per heavy atom. The van der Waals surface area contributed by atoms with E-state index in [9.17, 15) is 4.39 Å². The number of rotatable bonds is 6. The highest BCUT2D eigenvalue weighted by atomic mass is 19.1. The first kappa shape index (κ1) is 22.2. The molecule has 184 valence electrons. The van der Waals surface area contributed by atoms with Crippen molar-refractivity contribution < 1.29 is 27.8 Å². The van der Waals surface area contributed by atoms with E-state index in [2.05, 4.69) is 20.0 Å². The predicted molar refractivity (Wildman–Crippen MR) is 120 cm³/mol. The van der Waals surface area contributed by atoms with Crippen LogP contribution in [0.5, 0.6) is 5.75 Å². The third-order valence-electron chi connectivity index (χ3n) is 7.53. The molecule has 5 heterocycles. The first-order valence-electron chi connectivity index (χ1n) is 12.2. The summed E-state index contributed by atoms with van der Waals surface area (Å²) in [7, 11) is 0. The minimum absolute atomic E-state index is 0.0783. The van der Waals surface area contributed by atoms with Crippen LogP contribution in [0.3, 0.4) is 0 Å². The summed E-state index contributed by atoms with van der Waals surface area (Å²) < 4.78 is 42.9. The average Bonchev–Trinajstić information content (AvgIpc) is 3.54. The minimum atomic E-state index is -0.219. The Bertz CT molecular complexity index is 956. The molecule has 0 saturated carbocycles. The van der Waals surface area contributed by atoms with Crippen LogP contribution in [-0.2, 0) is 14.2 Å². The highest BCUT2D eigenvalue weighted by molar-refractivity contribution is 5.37. The molecule has 1 spiro atoms. The van der Waals surface area contributed by atoms with Gasteiger partial charge >= 0.3 is 6.01 Å². The molecule has 0 aliphatic carbocycles. The fourth-order valence-corrected chi connectivity index (χ4v) is 5.73. The van der Waals surface area contributed by atoms with Crippen molar-refractivity contribution in [3.8, 4) is 5.75 Å². The van der Waals surface area contributed by atoms with Gasteiger partial charge in [0.1, 0.15) is 29.9 Å². The smallest absolute Gasteiger partial charge is 0.318 e. The number of hydrogen-bond acceptors (Lipinski definition) is 9. The van der Waals surface area contributed by atoms with Gasteiger partial charge in [0.25, 0.3) is 0 Å². The lowest BCUT2D eigenvalue weighted by molar-refractivity contribution is -0.101. The van der Waals surface area contributed by atoms with Crippen LogP contribution in [-0.4, -0.2) is 92.1 Å². The monoisotopic (exact) mass is 474 g/mol. The summed E-state index contributed by atoms with van der Waals surface area (Å²) in [5.74, 6) is 0.815. The molecule has 2 atom stereocenters. The van der Waals surface area contributed by atoms with Crippen molar-refractivity contribution in [1.29, 1.82) is 0 Å². The number of benzene rings is 1. The number of likely N-dealkylation sites (tertiary alicyclic amines) is 1. The molecule has 0 amide bonds. The number of nitrogens with zero attached hydrogens (tertiary/aromatic N) is 4. The van der Waals surface area contributed by atoms with Gasteiger partial charge in [0.2, 0.25) is 6.39 Å². The van der Waals surface area contributed by atoms with Crippen LogP contribution in [0.4, 0.5) is 10.4 Å². The van der Waals surface area contributed by atoms with E-state index in [0.29, 0.717) is 38.5 Å². The Balaban J connectivity index is 1.03. The van der Waals surface area contributed by atoms with Crippen LogP contribution >= 0.6 is 0 Å². The van der Waals surface area contributed by atoms with Crippen LogP contribution < -0.4 is 9.64 Å². The summed E-state index contributed by atoms with van der Waals surface area (Å²) in [4.78, 5) is 4.60. The van der Waals surface area contributed by atoms with Crippen molar-refractivity contribution in [2.45, 2.75) is 42.9 Å². The molecular formula is C24H31FN4O5. The third-order valence-corrected chi connectivity index (χ3v) is 7.53. The highest BCUT2D eigenvalue weighted by Crippen LogP contribution is 2.41. The zero-order valence-corrected chi connectivity index (χ0v) is 19.2. The Labute approximate surface area is 198 Å². The van der Waals surface area contributed by atoms with Crippen LogP contribution in [0.15, 0.2) is 29.0 Å². The zero-order valence-electron chi connectivity index (χ0n) is 19.2. The molecule has 1 aromatic heterocycles. The van der Waals surface area contributed by atoms with Crippen LogP contribution in [0, 0.1) is 5.82 Å². The van der Waals surface area contributed by atoms with E-state index in [1.165, 1.54) is 12.5 Å². The largest absolute Gasteiger partial charge is 0.490 e. The van der Waals surface area contributed by atoms with Crippen molar-refractivity contribution in [1.82, 2.24) is 15.1 Å². The maximum absolute atomic E-state index is 14.1. The maximum atomic E-state index is 14.1. The number of anilines is 1. The third kappa shape index (κ3) is 4.51. The second-order valence-electron chi connectivity index (χ2n) is 9.80. The standard InChI is InChI=1S/C24H31FN4O5/c25-18-1-2-22(32-13-20-12-30-7-8-31-20)21(9-18)17-3-5-28(6-4-17)19-10-24(34-11-19)14-29(15-24)23-27-26-16-33-23/h1-2,9,16-17,19-20H,3-8,10-15H2/t19-,20-/m0/s1. The van der Waals surface area contributed by atoms with Crippen molar-refractivity contribution >= 4 is 6.01 Å². The molecule has 4 aliphatic rings. The molecular weight excluding hydrogens is 443 g/mol. The van der Waals surface area contributed by atoms with Crippen molar-refractivity contribution in [2.24, 2.45) is 0 Å². The average molecular weight is 475 g/mol. The molecule has 4 aliphatic heterocycles. The summed E-state index contributed by atoms with van der Waals surface area (Å²) in [5.41, 5.74) is 0.856. The van der Waals surface area contributed by atoms with E-state index >= 15 is 0 Å². The quantitative estimate of drug-likeness (QED) is 0.626. The number of ether oxygens (including phenoxy) is 4. The molecule has 0 unspecified atom stereocenters. The van der Waals surface area contributed by atoms with E-state index in [-0.39, 0.29) is 23.4 Å². The maximum Gasteiger partial charge on any atom is 0.318 e. The van der Waals surface area contributed by atoms with E-state index in [0.717, 1.165) is 63.4 Å². The Kier molecular flexibility index (Phi) is 6.15. The number of piperidine rings is 1. The lowest BCUT2D eigenvalue weighted by Crippen LogP contribution is -2.62. The van der Waals surface area contributed by atoms with E-state index in [4.69, 9.17) is 23.4 Å². The van der Waals surface area contributed by atoms with Crippen LogP contribution in [0.1, 0.15) is 30.7 Å². The molecule has 2 aromatic rings. The number of hydrogen-bond donors (Lipinski definition) is 0. The lowest BCUT2D eigenvalue weighted by Gasteiger charge is -2.46. The molecule has 0 bridgehead atoms. The first-order valence-corrected chi connectivity index (χ1v) is 12.2. The Morgan fingerprint density at radius 2 is 2.03 bits per heavy atom. The van der Waals surface area contributed by atoms with Gasteiger partial charge in [0, 0.05) is 11.6 Å². The molecule has 4 saturated heterocycles. The molecule has 10 heteroatoms. The normalized spacial score (nSPS) is 27.7. The van der Waals surface area contributed by atoms with Gasteiger partial charge in [0.05, 0.1) is 39.5 Å². The SMILES string of the molecule is Fc1ccc(OC[C@@H]2COCCO2)c(C2CCN([C@@H]3COC4(C3)CN(c3nnco3)C4)CC2)c1. The fourth-order valence-electron chi connectivity index (χ4n) is 5.73. The molecule has 1 aromatic carbocycles. The van der Waals surface area contributed by atoms with Gasteiger partial charge in [-0.05, 0) is 56.5 Å². The van der Waals surface area contributed by atoms with Gasteiger partial charge in [-0.25, -0.2) is 4.39 Å². The summed E-state index contributed by atoms with van der Waals surface area (Å²) in [6.07, 6.45) is 4.24. The van der Waals surface area contributed by atoms with E-state index < -0.39 is 0 Å². The summed E-state index contributed by atoms with van der Waals surface area (Å²) in [6, 6.07) is 5.84.